The topological polar surface area (TPSA) is 118 Å². The van der Waals surface area contributed by atoms with E-state index in [-0.39, 0.29) is 17.1 Å². The summed E-state index contributed by atoms with van der Waals surface area (Å²) in [6, 6.07) is 8.81. The molecule has 0 spiro atoms. The zero-order valence-corrected chi connectivity index (χ0v) is 13.8. The van der Waals surface area contributed by atoms with Crippen LogP contribution in [-0.4, -0.2) is 32.0 Å². The van der Waals surface area contributed by atoms with E-state index in [1.54, 1.807) is 0 Å². The number of amides is 1. The van der Waals surface area contributed by atoms with Crippen LogP contribution >= 0.6 is 0 Å². The summed E-state index contributed by atoms with van der Waals surface area (Å²) in [6.45, 7) is -0.212. The molecular weight excluding hydrogens is 353 g/mol. The van der Waals surface area contributed by atoms with E-state index in [1.165, 1.54) is 30.3 Å². The molecule has 8 nitrogen and oxygen atoms in total. The van der Waals surface area contributed by atoms with Gasteiger partial charge in [-0.2, -0.15) is 4.39 Å². The number of nitro groups is 1. The minimum Gasteiger partial charge on any atom is -0.376 e. The van der Waals surface area contributed by atoms with Gasteiger partial charge in [0, 0.05) is 23.7 Å². The molecule has 0 atom stereocenters. The number of benzene rings is 2. The predicted molar refractivity (Wildman–Crippen MR) is 89.7 cm³/mol. The minimum absolute atomic E-state index is 0.127. The number of nitrogens with one attached hydrogen (secondary N) is 2. The van der Waals surface area contributed by atoms with Gasteiger partial charge >= 0.3 is 5.69 Å². The molecule has 1 amide bonds. The number of hydrogen-bond acceptors (Lipinski definition) is 6. The van der Waals surface area contributed by atoms with Crippen molar-refractivity contribution in [1.82, 2.24) is 0 Å². The lowest BCUT2D eigenvalue weighted by molar-refractivity contribution is -0.387. The summed E-state index contributed by atoms with van der Waals surface area (Å²) in [4.78, 5) is 21.8. The van der Waals surface area contributed by atoms with Crippen LogP contribution in [0.1, 0.15) is 0 Å². The van der Waals surface area contributed by atoms with Crippen LogP contribution in [0.2, 0.25) is 0 Å². The molecule has 2 rings (SSSR count). The Morgan fingerprint density at radius 2 is 1.76 bits per heavy atom. The number of nitro benzene ring substituents is 1. The maximum absolute atomic E-state index is 13.2. The second kappa shape index (κ2) is 7.26. The first-order chi connectivity index (χ1) is 11.7. The quantitative estimate of drug-likeness (QED) is 0.597. The number of carbonyl (C=O) groups is 1. The van der Waals surface area contributed by atoms with Crippen molar-refractivity contribution >= 4 is 32.8 Å². The highest BCUT2D eigenvalue weighted by Crippen LogP contribution is 2.21. The monoisotopic (exact) mass is 367 g/mol. The third kappa shape index (κ3) is 4.98. The van der Waals surface area contributed by atoms with Crippen molar-refractivity contribution in [2.75, 3.05) is 23.4 Å². The molecule has 0 aliphatic carbocycles. The van der Waals surface area contributed by atoms with Gasteiger partial charge in [-0.3, -0.25) is 14.9 Å². The molecule has 0 aliphatic heterocycles. The lowest BCUT2D eigenvalue weighted by Gasteiger charge is -2.08. The third-order valence-corrected chi connectivity index (χ3v) is 4.29. The zero-order valence-electron chi connectivity index (χ0n) is 13.0. The van der Waals surface area contributed by atoms with Crippen molar-refractivity contribution in [3.63, 3.8) is 0 Å². The molecule has 10 heteroatoms. The lowest BCUT2D eigenvalue weighted by Crippen LogP contribution is -2.21. The van der Waals surface area contributed by atoms with Gasteiger partial charge in [-0.15, -0.1) is 0 Å². The number of anilines is 2. The molecular formula is C15H14FN3O5S. The van der Waals surface area contributed by atoms with E-state index >= 15 is 0 Å². The number of halogens is 1. The fourth-order valence-corrected chi connectivity index (χ4v) is 2.57. The summed E-state index contributed by atoms with van der Waals surface area (Å²) in [5.41, 5.74) is -0.0817. The van der Waals surface area contributed by atoms with Crippen LogP contribution in [0.25, 0.3) is 0 Å². The first-order valence-corrected chi connectivity index (χ1v) is 8.84. The largest absolute Gasteiger partial charge is 0.376 e. The standard InChI is InChI=1S/C15H14FN3O5S/c1-25(23,24)12-5-2-10(3-6-12)18-15(20)9-17-11-4-7-13(16)14(8-11)19(21)22/h2-8,17H,9H2,1H3,(H,18,20). The first kappa shape index (κ1) is 18.3. The summed E-state index contributed by atoms with van der Waals surface area (Å²) in [5, 5.41) is 15.8. The Morgan fingerprint density at radius 3 is 2.32 bits per heavy atom. The van der Waals surface area contributed by atoms with Crippen molar-refractivity contribution in [1.29, 1.82) is 0 Å². The van der Waals surface area contributed by atoms with Crippen molar-refractivity contribution in [2.45, 2.75) is 4.90 Å². The van der Waals surface area contributed by atoms with Gasteiger partial charge in [0.25, 0.3) is 0 Å². The molecule has 0 saturated carbocycles. The molecule has 0 aliphatic rings. The first-order valence-electron chi connectivity index (χ1n) is 6.94. The number of sulfone groups is 1. The van der Waals surface area contributed by atoms with Gasteiger partial charge in [0.1, 0.15) is 0 Å². The number of nitrogens with zero attached hydrogens (tertiary/aromatic N) is 1. The lowest BCUT2D eigenvalue weighted by atomic mass is 10.2. The van der Waals surface area contributed by atoms with E-state index in [4.69, 9.17) is 0 Å². The number of rotatable bonds is 6. The maximum atomic E-state index is 13.2. The number of carbonyl (C=O) groups excluding carboxylic acids is 1. The Labute approximate surface area is 142 Å². The predicted octanol–water partition coefficient (Wildman–Crippen LogP) is 2.19. The maximum Gasteiger partial charge on any atom is 0.306 e. The Bertz CT molecular complexity index is 913. The molecule has 0 unspecified atom stereocenters. The average molecular weight is 367 g/mol. The zero-order chi connectivity index (χ0) is 18.6. The Hall–Kier alpha value is -3.01. The van der Waals surface area contributed by atoms with Gasteiger partial charge < -0.3 is 10.6 Å². The highest BCUT2D eigenvalue weighted by atomic mass is 32.2. The SMILES string of the molecule is CS(=O)(=O)c1ccc(NC(=O)CNc2ccc(F)c([N+](=O)[O-])c2)cc1. The second-order valence-electron chi connectivity index (χ2n) is 5.12. The summed E-state index contributed by atoms with van der Waals surface area (Å²) < 4.78 is 35.9. The van der Waals surface area contributed by atoms with Crippen LogP contribution in [0.3, 0.4) is 0 Å². The highest BCUT2D eigenvalue weighted by molar-refractivity contribution is 7.90. The molecule has 2 aromatic carbocycles. The van der Waals surface area contributed by atoms with E-state index in [1.807, 2.05) is 0 Å². The van der Waals surface area contributed by atoms with Crippen molar-refractivity contribution < 1.29 is 22.5 Å². The molecule has 2 N–H and O–H groups in total. The van der Waals surface area contributed by atoms with Crippen LogP contribution < -0.4 is 10.6 Å². The fraction of sp³-hybridized carbons (Fsp3) is 0.133. The van der Waals surface area contributed by atoms with E-state index in [0.29, 0.717) is 5.69 Å². The van der Waals surface area contributed by atoms with Gasteiger partial charge in [0.05, 0.1) is 16.4 Å². The normalized spacial score (nSPS) is 11.0. The van der Waals surface area contributed by atoms with Crippen molar-refractivity contribution in [2.24, 2.45) is 0 Å². The third-order valence-electron chi connectivity index (χ3n) is 3.16. The molecule has 0 fully saturated rings. The molecule has 132 valence electrons. The molecule has 0 aromatic heterocycles. The van der Waals surface area contributed by atoms with Crippen LogP contribution in [0, 0.1) is 15.9 Å². The molecule has 0 bridgehead atoms. The van der Waals surface area contributed by atoms with Crippen LogP contribution in [-0.2, 0) is 14.6 Å². The molecule has 25 heavy (non-hydrogen) atoms. The fourth-order valence-electron chi connectivity index (χ4n) is 1.94. The van der Waals surface area contributed by atoms with Crippen molar-refractivity contribution in [3.05, 3.63) is 58.4 Å². The Kier molecular flexibility index (Phi) is 5.32. The smallest absolute Gasteiger partial charge is 0.306 e. The van der Waals surface area contributed by atoms with Crippen LogP contribution in [0.15, 0.2) is 47.4 Å². The van der Waals surface area contributed by atoms with E-state index in [0.717, 1.165) is 18.4 Å². The Balaban J connectivity index is 1.97. The van der Waals surface area contributed by atoms with Crippen LogP contribution in [0.4, 0.5) is 21.5 Å². The molecule has 0 radical (unpaired) electrons. The van der Waals surface area contributed by atoms with Gasteiger partial charge in [-0.05, 0) is 36.4 Å². The highest BCUT2D eigenvalue weighted by Gasteiger charge is 2.14. The molecule has 0 saturated heterocycles. The van der Waals surface area contributed by atoms with Gasteiger partial charge in [0.2, 0.25) is 11.7 Å². The molecule has 0 heterocycles. The van der Waals surface area contributed by atoms with E-state index in [9.17, 15) is 27.7 Å². The number of hydrogen-bond donors (Lipinski definition) is 2. The summed E-state index contributed by atoms with van der Waals surface area (Å²) in [7, 11) is -3.32. The molecule has 2 aromatic rings. The average Bonchev–Trinajstić information content (AvgIpc) is 2.53. The van der Waals surface area contributed by atoms with Gasteiger partial charge in [-0.25, -0.2) is 8.42 Å². The van der Waals surface area contributed by atoms with Crippen LogP contribution in [0.5, 0.6) is 0 Å². The summed E-state index contributed by atoms with van der Waals surface area (Å²) in [5.74, 6) is -1.43. The van der Waals surface area contributed by atoms with Gasteiger partial charge in [0.15, 0.2) is 9.84 Å². The van der Waals surface area contributed by atoms with E-state index in [2.05, 4.69) is 10.6 Å². The Morgan fingerprint density at radius 1 is 1.16 bits per heavy atom. The minimum atomic E-state index is -3.32. The van der Waals surface area contributed by atoms with Crippen molar-refractivity contribution in [3.8, 4) is 0 Å². The van der Waals surface area contributed by atoms with E-state index < -0.39 is 32.2 Å². The summed E-state index contributed by atoms with van der Waals surface area (Å²) >= 11 is 0. The second-order valence-corrected chi connectivity index (χ2v) is 7.14. The summed E-state index contributed by atoms with van der Waals surface area (Å²) in [6.07, 6.45) is 1.08. The van der Waals surface area contributed by atoms with Gasteiger partial charge in [-0.1, -0.05) is 0 Å².